The summed E-state index contributed by atoms with van der Waals surface area (Å²) >= 11 is 1.40. The van der Waals surface area contributed by atoms with Gasteiger partial charge < -0.3 is 20.2 Å². The van der Waals surface area contributed by atoms with Crippen molar-refractivity contribution in [3.8, 4) is 0 Å². The van der Waals surface area contributed by atoms with Gasteiger partial charge in [-0.1, -0.05) is 6.07 Å². The molecule has 2 aromatic heterocycles. The molecule has 3 aromatic rings. The summed E-state index contributed by atoms with van der Waals surface area (Å²) in [6, 6.07) is 8.79. The lowest BCUT2D eigenvalue weighted by atomic mass is 10.1. The molecular formula is C16H16N4O5S. The van der Waals surface area contributed by atoms with Crippen LogP contribution < -0.4 is 11.1 Å². The van der Waals surface area contributed by atoms with Crippen molar-refractivity contribution in [1.29, 1.82) is 0 Å². The second kappa shape index (κ2) is 8.62. The molecule has 0 unspecified atom stereocenters. The Hall–Kier alpha value is -3.40. The molecule has 0 saturated carbocycles. The summed E-state index contributed by atoms with van der Waals surface area (Å²) in [5.74, 6) is 0.238. The van der Waals surface area contributed by atoms with Crippen LogP contribution in [-0.2, 0) is 9.47 Å². The minimum absolute atomic E-state index is 0.0380. The van der Waals surface area contributed by atoms with Crippen LogP contribution in [0.5, 0.6) is 0 Å². The summed E-state index contributed by atoms with van der Waals surface area (Å²) in [6.07, 6.45) is -1.35. The van der Waals surface area contributed by atoms with E-state index >= 15 is 0 Å². The van der Waals surface area contributed by atoms with E-state index in [1.54, 1.807) is 24.3 Å². The Kier molecular flexibility index (Phi) is 6.28. The number of nitrogens with zero attached hydrogens (tertiary/aromatic N) is 1. The molecule has 4 N–H and O–H groups in total. The van der Waals surface area contributed by atoms with Crippen molar-refractivity contribution in [2.24, 2.45) is 5.73 Å². The van der Waals surface area contributed by atoms with E-state index in [0.717, 1.165) is 0 Å². The second-order valence-electron chi connectivity index (χ2n) is 4.76. The highest BCUT2D eigenvalue weighted by molar-refractivity contribution is 7.12. The van der Waals surface area contributed by atoms with Gasteiger partial charge in [-0.15, -0.1) is 11.3 Å². The van der Waals surface area contributed by atoms with Gasteiger partial charge in [-0.2, -0.15) is 0 Å². The van der Waals surface area contributed by atoms with E-state index in [9.17, 15) is 14.4 Å². The van der Waals surface area contributed by atoms with Crippen molar-refractivity contribution in [3.05, 3.63) is 46.2 Å². The van der Waals surface area contributed by atoms with Crippen molar-refractivity contribution in [3.63, 3.8) is 0 Å². The molecule has 0 aliphatic carbocycles. The molecule has 0 bridgehead atoms. The molecule has 136 valence electrons. The van der Waals surface area contributed by atoms with Crippen molar-refractivity contribution >= 4 is 46.3 Å². The first-order valence-corrected chi connectivity index (χ1v) is 8.09. The lowest BCUT2D eigenvalue weighted by Crippen LogP contribution is -2.11. The molecule has 0 radical (unpaired) electrons. The number of benzene rings is 1. The molecule has 3 rings (SSSR count). The van der Waals surface area contributed by atoms with Gasteiger partial charge >= 0.3 is 12.2 Å². The molecule has 9 nitrogen and oxygen atoms in total. The third-order valence-corrected chi connectivity index (χ3v) is 3.96. The van der Waals surface area contributed by atoms with Crippen LogP contribution in [0.4, 0.5) is 15.5 Å². The molecule has 1 aromatic carbocycles. The largest absolute Gasteiger partial charge is 0.453 e. The van der Waals surface area contributed by atoms with Crippen LogP contribution in [0.15, 0.2) is 35.7 Å². The number of carbonyl (C=O) groups excluding carboxylic acids is 3. The van der Waals surface area contributed by atoms with E-state index < -0.39 is 12.2 Å². The third-order valence-electron chi connectivity index (χ3n) is 3.10. The molecule has 26 heavy (non-hydrogen) atoms. The molecular weight excluding hydrogens is 360 g/mol. The first-order chi connectivity index (χ1) is 12.4. The van der Waals surface area contributed by atoms with E-state index in [1.807, 2.05) is 11.4 Å². The quantitative estimate of drug-likeness (QED) is 0.601. The number of anilines is 1. The normalized spacial score (nSPS) is 9.77. The fourth-order valence-electron chi connectivity index (χ4n) is 1.91. The number of H-pyrrole nitrogens is 1. The lowest BCUT2D eigenvalue weighted by Gasteiger charge is -1.98. The standard InChI is InChI=1S/C14H11N3O3S.C2H5NO2/c1-20-14(19)17-13-15-9-5-4-8(7-10(9)16-13)12(18)11-3-2-6-21-11;1-5-2(3)4/h2-7H,1H3,(H2,15,16,17,19);1H3,(H2,3,4). The second-order valence-corrected chi connectivity index (χ2v) is 5.71. The highest BCUT2D eigenvalue weighted by atomic mass is 32.1. The van der Waals surface area contributed by atoms with E-state index in [2.05, 4.69) is 30.5 Å². The number of ether oxygens (including phenoxy) is 2. The minimum Gasteiger partial charge on any atom is -0.453 e. The van der Waals surface area contributed by atoms with Crippen LogP contribution in [-0.4, -0.2) is 42.2 Å². The van der Waals surface area contributed by atoms with Gasteiger partial charge in [0.1, 0.15) is 0 Å². The highest BCUT2D eigenvalue weighted by Crippen LogP contribution is 2.20. The number of thiophene rings is 1. The van der Waals surface area contributed by atoms with Gasteiger partial charge in [0, 0.05) is 5.56 Å². The SMILES string of the molecule is COC(=O)Nc1nc2ccc(C(=O)c3cccs3)cc2[nH]1.COC(N)=O. The summed E-state index contributed by atoms with van der Waals surface area (Å²) in [6.45, 7) is 0. The molecule has 0 aliphatic heterocycles. The summed E-state index contributed by atoms with van der Waals surface area (Å²) < 4.78 is 8.39. The fourth-order valence-corrected chi connectivity index (χ4v) is 2.59. The third kappa shape index (κ3) is 4.80. The molecule has 0 saturated heterocycles. The summed E-state index contributed by atoms with van der Waals surface area (Å²) in [5.41, 5.74) is 6.33. The van der Waals surface area contributed by atoms with Gasteiger partial charge in [-0.05, 0) is 29.6 Å². The maximum absolute atomic E-state index is 12.3. The van der Waals surface area contributed by atoms with Crippen molar-refractivity contribution in [1.82, 2.24) is 9.97 Å². The molecule has 0 atom stereocenters. The minimum atomic E-state index is -0.745. The fraction of sp³-hybridized carbons (Fsp3) is 0.125. The number of nitrogens with one attached hydrogen (secondary N) is 2. The lowest BCUT2D eigenvalue weighted by molar-refractivity contribution is 0.104. The smallest absolute Gasteiger partial charge is 0.413 e. The number of primary amides is 1. The Morgan fingerprint density at radius 2 is 1.92 bits per heavy atom. The molecule has 10 heteroatoms. The van der Waals surface area contributed by atoms with E-state index in [4.69, 9.17) is 0 Å². The maximum atomic E-state index is 12.3. The summed E-state index contributed by atoms with van der Waals surface area (Å²) in [5, 5.41) is 4.31. The number of imidazole rings is 1. The van der Waals surface area contributed by atoms with Crippen LogP contribution in [0, 0.1) is 0 Å². The predicted octanol–water partition coefficient (Wildman–Crippen LogP) is 2.75. The van der Waals surface area contributed by atoms with Crippen LogP contribution >= 0.6 is 11.3 Å². The number of fused-ring (bicyclic) bond motifs is 1. The Balaban J connectivity index is 0.000000431. The van der Waals surface area contributed by atoms with Gasteiger partial charge in [0.15, 0.2) is 0 Å². The summed E-state index contributed by atoms with van der Waals surface area (Å²) in [4.78, 5) is 40.6. The number of aromatic nitrogens is 2. The number of ketones is 1. The zero-order chi connectivity index (χ0) is 19.1. The van der Waals surface area contributed by atoms with Crippen LogP contribution in [0.1, 0.15) is 15.2 Å². The van der Waals surface area contributed by atoms with Crippen molar-refractivity contribution in [2.75, 3.05) is 19.5 Å². The predicted molar refractivity (Wildman–Crippen MR) is 96.5 cm³/mol. The number of aromatic amines is 1. The monoisotopic (exact) mass is 376 g/mol. The zero-order valence-electron chi connectivity index (χ0n) is 13.9. The topological polar surface area (TPSA) is 136 Å². The van der Waals surface area contributed by atoms with E-state index in [-0.39, 0.29) is 11.7 Å². The van der Waals surface area contributed by atoms with Gasteiger partial charge in [0.2, 0.25) is 11.7 Å². The average molecular weight is 376 g/mol. The molecule has 0 fully saturated rings. The maximum Gasteiger partial charge on any atom is 0.413 e. The molecule has 0 aliphatic rings. The van der Waals surface area contributed by atoms with Crippen molar-refractivity contribution in [2.45, 2.75) is 0 Å². The van der Waals surface area contributed by atoms with Crippen LogP contribution in [0.25, 0.3) is 11.0 Å². The van der Waals surface area contributed by atoms with E-state index in [0.29, 0.717) is 21.5 Å². The Labute approximate surface area is 152 Å². The number of hydrogen-bond donors (Lipinski definition) is 3. The van der Waals surface area contributed by atoms with Gasteiger partial charge in [0.05, 0.1) is 30.1 Å². The zero-order valence-corrected chi connectivity index (χ0v) is 14.8. The first kappa shape index (κ1) is 18.9. The number of carbonyl (C=O) groups is 3. The molecule has 2 heterocycles. The van der Waals surface area contributed by atoms with Gasteiger partial charge in [-0.3, -0.25) is 10.1 Å². The van der Waals surface area contributed by atoms with Crippen LogP contribution in [0.2, 0.25) is 0 Å². The number of methoxy groups -OCH3 is 2. The number of rotatable bonds is 3. The van der Waals surface area contributed by atoms with Crippen LogP contribution in [0.3, 0.4) is 0 Å². The van der Waals surface area contributed by atoms with Crippen molar-refractivity contribution < 1.29 is 23.9 Å². The Bertz CT molecular complexity index is 920. The van der Waals surface area contributed by atoms with Gasteiger partial charge in [0.25, 0.3) is 0 Å². The average Bonchev–Trinajstić information content (AvgIpc) is 3.30. The summed E-state index contributed by atoms with van der Waals surface area (Å²) in [7, 11) is 2.50. The van der Waals surface area contributed by atoms with E-state index in [1.165, 1.54) is 25.6 Å². The number of nitrogens with two attached hydrogens (primary N) is 1. The molecule has 2 amide bonds. The highest BCUT2D eigenvalue weighted by Gasteiger charge is 2.12. The Morgan fingerprint density at radius 1 is 1.19 bits per heavy atom. The first-order valence-electron chi connectivity index (χ1n) is 7.21. The number of hydrogen-bond acceptors (Lipinski definition) is 7. The molecule has 0 spiro atoms. The number of amides is 2. The Morgan fingerprint density at radius 3 is 2.50 bits per heavy atom. The van der Waals surface area contributed by atoms with Gasteiger partial charge in [-0.25, -0.2) is 14.6 Å².